The fourth-order valence-electron chi connectivity index (χ4n) is 3.75. The van der Waals surface area contributed by atoms with E-state index in [0.29, 0.717) is 5.57 Å². The van der Waals surface area contributed by atoms with E-state index in [2.05, 4.69) is 40.4 Å². The van der Waals surface area contributed by atoms with Gasteiger partial charge in [0.1, 0.15) is 12.3 Å². The van der Waals surface area contributed by atoms with Gasteiger partial charge >= 0.3 is 5.97 Å². The minimum Gasteiger partial charge on any atom is -0.457 e. The number of fused-ring (bicyclic) bond motifs is 1. The van der Waals surface area contributed by atoms with Gasteiger partial charge in [-0.25, -0.2) is 4.79 Å². The first-order valence-electron chi connectivity index (χ1n) is 9.51. The second-order valence-corrected chi connectivity index (χ2v) is 13.8. The largest absolute Gasteiger partial charge is 0.457 e. The monoisotopic (exact) mass is 395 g/mol. The van der Waals surface area contributed by atoms with E-state index in [0.717, 1.165) is 0 Å². The summed E-state index contributed by atoms with van der Waals surface area (Å²) in [6.45, 7) is 18.0. The molecule has 2 aliphatic heterocycles. The Hall–Kier alpha value is -1.44. The zero-order chi connectivity index (χ0) is 20.7. The number of esters is 1. The second-order valence-electron chi connectivity index (χ2n) is 9.02. The molecule has 2 rings (SSSR count). The predicted octanol–water partition coefficient (Wildman–Crippen LogP) is 2.85. The van der Waals surface area contributed by atoms with Gasteiger partial charge in [0.2, 0.25) is 5.91 Å². The highest BCUT2D eigenvalue weighted by atomic mass is 28.4. The van der Waals surface area contributed by atoms with Crippen molar-refractivity contribution in [1.82, 2.24) is 4.90 Å². The summed E-state index contributed by atoms with van der Waals surface area (Å²) in [6.07, 6.45) is 1.23. The fraction of sp³-hybridized carbons (Fsp3) is 0.700. The minimum absolute atomic E-state index is 0.0448. The lowest BCUT2D eigenvalue weighted by atomic mass is 9.78. The van der Waals surface area contributed by atoms with Crippen molar-refractivity contribution in [3.05, 3.63) is 23.9 Å². The maximum absolute atomic E-state index is 12.9. The summed E-state index contributed by atoms with van der Waals surface area (Å²) in [5.41, 5.74) is 0.752. The summed E-state index contributed by atoms with van der Waals surface area (Å²) in [4.78, 5) is 26.9. The molecule has 1 N–H and O–H groups in total. The summed E-state index contributed by atoms with van der Waals surface area (Å²) in [5, 5.41) is 9.85. The molecular weight excluding hydrogens is 362 g/mol. The number of aliphatic hydroxyl groups is 1. The zero-order valence-corrected chi connectivity index (χ0v) is 18.5. The first-order valence-corrected chi connectivity index (χ1v) is 12.4. The molecule has 6 nitrogen and oxygen atoms in total. The number of carbonyl (C=O) groups is 2. The molecule has 4 atom stereocenters. The van der Waals surface area contributed by atoms with Gasteiger partial charge in [-0.15, -0.1) is 0 Å². The molecular formula is C20H33NO5Si. The van der Waals surface area contributed by atoms with Crippen molar-refractivity contribution in [2.24, 2.45) is 11.8 Å². The third kappa shape index (κ3) is 3.64. The first-order chi connectivity index (χ1) is 12.4. The third-order valence-corrected chi connectivity index (χ3v) is 10.9. The summed E-state index contributed by atoms with van der Waals surface area (Å²) in [6, 6.07) is -0.175. The summed E-state index contributed by atoms with van der Waals surface area (Å²) >= 11 is 0. The Labute approximate surface area is 163 Å². The van der Waals surface area contributed by atoms with Crippen LogP contribution in [0.3, 0.4) is 0 Å². The van der Waals surface area contributed by atoms with Crippen molar-refractivity contribution in [2.75, 3.05) is 13.2 Å². The molecule has 1 amide bonds. The van der Waals surface area contributed by atoms with Crippen LogP contribution in [0.2, 0.25) is 18.1 Å². The van der Waals surface area contributed by atoms with Crippen LogP contribution in [0.5, 0.6) is 0 Å². The Morgan fingerprint density at radius 2 is 2.00 bits per heavy atom. The number of nitrogens with zero attached hydrogens (tertiary/aromatic N) is 1. The van der Waals surface area contributed by atoms with E-state index in [1.807, 2.05) is 13.8 Å². The number of hydrogen-bond acceptors (Lipinski definition) is 5. The van der Waals surface area contributed by atoms with E-state index in [-0.39, 0.29) is 53.8 Å². The van der Waals surface area contributed by atoms with Crippen LogP contribution < -0.4 is 0 Å². The molecule has 0 aliphatic carbocycles. The van der Waals surface area contributed by atoms with Crippen LogP contribution >= 0.6 is 0 Å². The normalized spacial score (nSPS) is 26.6. The van der Waals surface area contributed by atoms with Gasteiger partial charge in [0.15, 0.2) is 8.32 Å². The smallest absolute Gasteiger partial charge is 0.355 e. The predicted molar refractivity (Wildman–Crippen MR) is 106 cm³/mol. The lowest BCUT2D eigenvalue weighted by molar-refractivity contribution is -0.163. The lowest BCUT2D eigenvalue weighted by Gasteiger charge is -2.50. The zero-order valence-electron chi connectivity index (χ0n) is 17.5. The minimum atomic E-state index is -2.03. The number of hydrogen-bond donors (Lipinski definition) is 1. The topological polar surface area (TPSA) is 76.1 Å². The average molecular weight is 396 g/mol. The average Bonchev–Trinajstić information content (AvgIpc) is 2.79. The molecule has 0 unspecified atom stereocenters. The quantitative estimate of drug-likeness (QED) is 0.310. The SMILES string of the molecule is C=CCOC(=O)C1=C(CO)[C@H](C)[C@@H]2[C@@H]([C@@H](C)O[Si](C)(C)C(C)(C)C)C(=O)N12. The third-order valence-electron chi connectivity index (χ3n) is 6.28. The highest BCUT2D eigenvalue weighted by Crippen LogP contribution is 2.49. The first kappa shape index (κ1) is 21.9. The van der Waals surface area contributed by atoms with E-state index in [4.69, 9.17) is 9.16 Å². The van der Waals surface area contributed by atoms with Crippen molar-refractivity contribution < 1.29 is 23.9 Å². The molecule has 0 radical (unpaired) electrons. The Morgan fingerprint density at radius 3 is 2.48 bits per heavy atom. The highest BCUT2D eigenvalue weighted by molar-refractivity contribution is 6.74. The second kappa shape index (κ2) is 7.52. The van der Waals surface area contributed by atoms with Gasteiger partial charge in [-0.2, -0.15) is 0 Å². The van der Waals surface area contributed by atoms with Crippen LogP contribution in [0, 0.1) is 11.8 Å². The van der Waals surface area contributed by atoms with Crippen molar-refractivity contribution >= 4 is 20.2 Å². The fourth-order valence-corrected chi connectivity index (χ4v) is 5.18. The van der Waals surface area contributed by atoms with Crippen LogP contribution in [0.4, 0.5) is 0 Å². The van der Waals surface area contributed by atoms with Crippen LogP contribution in [0.15, 0.2) is 23.9 Å². The highest BCUT2D eigenvalue weighted by Gasteiger charge is 2.61. The van der Waals surface area contributed by atoms with E-state index >= 15 is 0 Å². The molecule has 0 bridgehead atoms. The van der Waals surface area contributed by atoms with Crippen molar-refractivity contribution in [2.45, 2.75) is 64.9 Å². The van der Waals surface area contributed by atoms with Crippen LogP contribution in [0.25, 0.3) is 0 Å². The molecule has 27 heavy (non-hydrogen) atoms. The standard InChI is InChI=1S/C20H33NO5Si/c1-9-10-25-19(24)17-14(11-22)12(2)16-15(18(23)21(16)17)13(3)26-27(7,8)20(4,5)6/h9,12-13,15-16,22H,1,10-11H2,2-8H3/t12-,13+,15+,16+/m0/s1. The molecule has 0 saturated carbocycles. The molecule has 0 aromatic rings. The van der Waals surface area contributed by atoms with E-state index in [1.165, 1.54) is 11.0 Å². The molecule has 1 saturated heterocycles. The van der Waals surface area contributed by atoms with Crippen LogP contribution in [-0.4, -0.2) is 55.6 Å². The summed E-state index contributed by atoms with van der Waals surface area (Å²) in [7, 11) is -2.03. The van der Waals surface area contributed by atoms with Gasteiger partial charge in [0.05, 0.1) is 24.7 Å². The molecule has 0 aromatic heterocycles. The lowest BCUT2D eigenvalue weighted by Crippen LogP contribution is -2.65. The Bertz CT molecular complexity index is 664. The van der Waals surface area contributed by atoms with Crippen LogP contribution in [0.1, 0.15) is 34.6 Å². The molecule has 2 heterocycles. The molecule has 0 spiro atoms. The molecule has 0 aromatic carbocycles. The summed E-state index contributed by atoms with van der Waals surface area (Å²) < 4.78 is 11.6. The number of ether oxygens (including phenoxy) is 1. The molecule has 2 aliphatic rings. The van der Waals surface area contributed by atoms with Crippen molar-refractivity contribution in [1.29, 1.82) is 0 Å². The number of aliphatic hydroxyl groups excluding tert-OH is 1. The number of amides is 1. The number of rotatable bonds is 7. The van der Waals surface area contributed by atoms with Gasteiger partial charge in [-0.1, -0.05) is 40.3 Å². The molecule has 152 valence electrons. The molecule has 7 heteroatoms. The summed E-state index contributed by atoms with van der Waals surface area (Å²) in [5.74, 6) is -1.15. The number of β-lactam (4-membered cyclic amide) rings is 1. The van der Waals surface area contributed by atoms with E-state index < -0.39 is 14.3 Å². The van der Waals surface area contributed by atoms with Gasteiger partial charge in [-0.05, 0) is 30.6 Å². The van der Waals surface area contributed by atoms with E-state index in [9.17, 15) is 14.7 Å². The van der Waals surface area contributed by atoms with Crippen LogP contribution in [-0.2, 0) is 18.8 Å². The maximum atomic E-state index is 12.9. The van der Waals surface area contributed by atoms with Gasteiger partial charge in [0.25, 0.3) is 0 Å². The Morgan fingerprint density at radius 1 is 1.41 bits per heavy atom. The van der Waals surface area contributed by atoms with Crippen molar-refractivity contribution in [3.8, 4) is 0 Å². The van der Waals surface area contributed by atoms with E-state index in [1.54, 1.807) is 0 Å². The maximum Gasteiger partial charge on any atom is 0.355 e. The Kier molecular flexibility index (Phi) is 6.09. The van der Waals surface area contributed by atoms with Gasteiger partial charge in [-0.3, -0.25) is 4.79 Å². The van der Waals surface area contributed by atoms with Gasteiger partial charge < -0.3 is 19.2 Å². The number of carbonyl (C=O) groups excluding carboxylic acids is 2. The Balaban J connectivity index is 2.23. The van der Waals surface area contributed by atoms with Gasteiger partial charge in [0, 0.05) is 5.92 Å². The van der Waals surface area contributed by atoms with Crippen molar-refractivity contribution in [3.63, 3.8) is 0 Å². The molecule has 1 fully saturated rings.